The number of carbonyl (C=O) groups excluding carboxylic acids is 1. The third kappa shape index (κ3) is 9.29. The second-order valence-corrected chi connectivity index (χ2v) is 10.3. The van der Waals surface area contributed by atoms with Gasteiger partial charge in [0.15, 0.2) is 0 Å². The van der Waals surface area contributed by atoms with Crippen LogP contribution in [-0.4, -0.2) is 55.1 Å². The Morgan fingerprint density at radius 2 is 1.82 bits per heavy atom. The van der Waals surface area contributed by atoms with Crippen molar-refractivity contribution in [2.45, 2.75) is 51.7 Å². The second kappa shape index (κ2) is 15.4. The first-order valence-electron chi connectivity index (χ1n) is 13.4. The molecule has 0 aliphatic rings. The number of imidazole rings is 1. The molecule has 1 aromatic carbocycles. The van der Waals surface area contributed by atoms with Crippen LogP contribution in [0.4, 0.5) is 19.1 Å². The lowest BCUT2D eigenvalue weighted by molar-refractivity contribution is -0.192. The summed E-state index contributed by atoms with van der Waals surface area (Å²) in [5.74, 6) is -2.44. The molecule has 3 aromatic heterocycles. The number of carboxylic acids is 1. The van der Waals surface area contributed by atoms with Gasteiger partial charge in [-0.25, -0.2) is 14.8 Å². The maximum absolute atomic E-state index is 12.9. The molecule has 0 fully saturated rings. The molecule has 44 heavy (non-hydrogen) atoms. The molecule has 0 saturated carbocycles. The number of pyridine rings is 1. The van der Waals surface area contributed by atoms with Gasteiger partial charge in [0.1, 0.15) is 17.4 Å². The average molecular weight is 650 g/mol. The first-order chi connectivity index (χ1) is 20.9. The fourth-order valence-corrected chi connectivity index (χ4v) is 4.42. The Labute approximate surface area is 260 Å². The Bertz CT molecular complexity index is 1650. The number of nitriles is 1. The number of anilines is 1. The lowest BCUT2D eigenvalue weighted by atomic mass is 10.1. The number of hydrogen-bond donors (Lipinski definition) is 3. The second-order valence-electron chi connectivity index (χ2n) is 9.41. The van der Waals surface area contributed by atoms with E-state index in [2.05, 4.69) is 26.7 Å². The number of hydrogen-bond acceptors (Lipinski definition) is 7. The van der Waals surface area contributed by atoms with Gasteiger partial charge in [0.05, 0.1) is 16.3 Å². The van der Waals surface area contributed by atoms with Crippen LogP contribution in [0.15, 0.2) is 48.8 Å². The Hall–Kier alpha value is -4.41. The smallest absolute Gasteiger partial charge is 0.475 e. The molecule has 10 nitrogen and oxygen atoms in total. The van der Waals surface area contributed by atoms with Gasteiger partial charge in [-0.05, 0) is 56.0 Å². The summed E-state index contributed by atoms with van der Waals surface area (Å²) in [7, 11) is 0. The van der Waals surface area contributed by atoms with Crippen LogP contribution in [0.3, 0.4) is 0 Å². The highest BCUT2D eigenvalue weighted by molar-refractivity contribution is 6.36. The molecule has 3 N–H and O–H groups in total. The number of carbonyl (C=O) groups is 2. The van der Waals surface area contributed by atoms with Crippen molar-refractivity contribution in [1.82, 2.24) is 24.7 Å². The van der Waals surface area contributed by atoms with Crippen LogP contribution in [0.1, 0.15) is 54.9 Å². The van der Waals surface area contributed by atoms with Gasteiger partial charge in [0.25, 0.3) is 5.91 Å². The predicted molar refractivity (Wildman–Crippen MR) is 160 cm³/mol. The quantitative estimate of drug-likeness (QED) is 0.164. The number of rotatable bonds is 10. The Balaban J connectivity index is 0.000000676. The molecule has 0 bridgehead atoms. The van der Waals surface area contributed by atoms with Crippen LogP contribution in [0.5, 0.6) is 0 Å². The minimum atomic E-state index is -5.08. The van der Waals surface area contributed by atoms with E-state index in [4.69, 9.17) is 43.3 Å². The number of amides is 1. The number of aryl methyl sites for hydroxylation is 1. The maximum atomic E-state index is 12.9. The summed E-state index contributed by atoms with van der Waals surface area (Å²) < 4.78 is 33.5. The fourth-order valence-electron chi connectivity index (χ4n) is 3.92. The van der Waals surface area contributed by atoms with Crippen molar-refractivity contribution in [1.29, 1.82) is 5.26 Å². The van der Waals surface area contributed by atoms with Crippen molar-refractivity contribution < 1.29 is 27.9 Å². The molecule has 0 unspecified atom stereocenters. The molecule has 1 amide bonds. The SMILES string of the molecule is CCC(CC)NC(=O)c1cn2c(NCCCc3ccc(C#N)cn3)nc(-c3ccc(Cl)cc3Cl)cc2n1.O=C(O)C(F)(F)F. The van der Waals surface area contributed by atoms with Gasteiger partial charge in [-0.15, -0.1) is 0 Å². The van der Waals surface area contributed by atoms with Crippen LogP contribution in [-0.2, 0) is 11.2 Å². The van der Waals surface area contributed by atoms with Crippen LogP contribution >= 0.6 is 23.2 Å². The molecule has 0 aliphatic heterocycles. The van der Waals surface area contributed by atoms with Gasteiger partial charge in [-0.2, -0.15) is 18.4 Å². The summed E-state index contributed by atoms with van der Waals surface area (Å²) >= 11 is 12.6. The van der Waals surface area contributed by atoms with Gasteiger partial charge in [0.2, 0.25) is 5.95 Å². The summed E-state index contributed by atoms with van der Waals surface area (Å²) in [5.41, 5.74) is 3.66. The molecule has 0 atom stereocenters. The Morgan fingerprint density at radius 1 is 1.11 bits per heavy atom. The number of nitrogens with one attached hydrogen (secondary N) is 2. The molecule has 0 radical (unpaired) electrons. The number of halogens is 5. The highest BCUT2D eigenvalue weighted by Crippen LogP contribution is 2.31. The molecule has 4 aromatic rings. The number of aromatic nitrogens is 4. The molecule has 0 saturated heterocycles. The van der Waals surface area contributed by atoms with Crippen LogP contribution in [0, 0.1) is 11.3 Å². The van der Waals surface area contributed by atoms with E-state index >= 15 is 0 Å². The van der Waals surface area contributed by atoms with E-state index in [1.807, 2.05) is 26.0 Å². The van der Waals surface area contributed by atoms with Crippen LogP contribution in [0.25, 0.3) is 16.9 Å². The third-order valence-electron chi connectivity index (χ3n) is 6.30. The zero-order chi connectivity index (χ0) is 32.4. The number of fused-ring (bicyclic) bond motifs is 1. The van der Waals surface area contributed by atoms with Gasteiger partial charge in [0, 0.05) is 47.3 Å². The summed E-state index contributed by atoms with van der Waals surface area (Å²) in [6, 6.07) is 12.8. The van der Waals surface area contributed by atoms with Gasteiger partial charge < -0.3 is 15.7 Å². The normalized spacial score (nSPS) is 11.1. The monoisotopic (exact) mass is 649 g/mol. The van der Waals surface area contributed by atoms with E-state index in [1.165, 1.54) is 0 Å². The number of nitrogens with zero attached hydrogens (tertiary/aromatic N) is 5. The topological polar surface area (TPSA) is 145 Å². The first-order valence-corrected chi connectivity index (χ1v) is 14.2. The molecule has 4 rings (SSSR count). The van der Waals surface area contributed by atoms with Gasteiger partial charge in [-0.3, -0.25) is 14.2 Å². The van der Waals surface area contributed by atoms with E-state index in [0.29, 0.717) is 50.7 Å². The number of benzene rings is 1. The maximum Gasteiger partial charge on any atom is 0.490 e. The van der Waals surface area contributed by atoms with E-state index in [9.17, 15) is 18.0 Å². The van der Waals surface area contributed by atoms with Crippen LogP contribution in [0.2, 0.25) is 10.0 Å². The van der Waals surface area contributed by atoms with E-state index in [0.717, 1.165) is 31.4 Å². The zero-order valence-corrected chi connectivity index (χ0v) is 25.1. The van der Waals surface area contributed by atoms with E-state index in [1.54, 1.807) is 41.1 Å². The minimum absolute atomic E-state index is 0.0901. The van der Waals surface area contributed by atoms with Crippen molar-refractivity contribution in [2.75, 3.05) is 11.9 Å². The van der Waals surface area contributed by atoms with Crippen LogP contribution < -0.4 is 10.6 Å². The van der Waals surface area contributed by atoms with E-state index < -0.39 is 12.1 Å². The third-order valence-corrected chi connectivity index (χ3v) is 6.85. The number of aliphatic carboxylic acids is 1. The highest BCUT2D eigenvalue weighted by atomic mass is 35.5. The fraction of sp³-hybridized carbons (Fsp3) is 0.310. The van der Waals surface area contributed by atoms with Crippen molar-refractivity contribution in [3.8, 4) is 17.3 Å². The average Bonchev–Trinajstić information content (AvgIpc) is 3.43. The molecule has 15 heteroatoms. The first kappa shape index (κ1) is 34.1. The lowest BCUT2D eigenvalue weighted by Crippen LogP contribution is -2.33. The molecular weight excluding hydrogens is 622 g/mol. The lowest BCUT2D eigenvalue weighted by Gasteiger charge is -2.13. The number of carboxylic acid groups (broad SMARTS) is 1. The summed E-state index contributed by atoms with van der Waals surface area (Å²) in [5, 5.41) is 23.5. The standard InChI is InChI=1S/C27H27Cl2N7O.C2HF3O2/c1-3-19(4-2)33-26(37)24-16-36-25(34-24)13-23(21-10-8-18(28)12-22(21)29)35-27(36)31-11-5-6-20-9-7-17(14-30)15-32-20;3-2(4,5)1(6)7/h7-10,12-13,15-16,19H,3-6,11H2,1-2H3,(H,31,35)(H,33,37);(H,6,7). The Kier molecular flexibility index (Phi) is 11.9. The van der Waals surface area contributed by atoms with Gasteiger partial charge in [-0.1, -0.05) is 37.0 Å². The van der Waals surface area contributed by atoms with Crippen molar-refractivity contribution in [2.24, 2.45) is 0 Å². The van der Waals surface area contributed by atoms with Crippen molar-refractivity contribution >= 4 is 46.7 Å². The zero-order valence-electron chi connectivity index (χ0n) is 23.6. The molecule has 232 valence electrons. The summed E-state index contributed by atoms with van der Waals surface area (Å²) in [6.07, 6.45) is 1.39. The predicted octanol–water partition coefficient (Wildman–Crippen LogP) is 6.57. The molecule has 0 spiro atoms. The van der Waals surface area contributed by atoms with Crippen molar-refractivity contribution in [3.63, 3.8) is 0 Å². The van der Waals surface area contributed by atoms with Gasteiger partial charge >= 0.3 is 12.1 Å². The minimum Gasteiger partial charge on any atom is -0.475 e. The summed E-state index contributed by atoms with van der Waals surface area (Å²) in [6.45, 7) is 4.69. The number of alkyl halides is 3. The van der Waals surface area contributed by atoms with Crippen molar-refractivity contribution in [3.05, 3.63) is 75.8 Å². The largest absolute Gasteiger partial charge is 0.490 e. The molecule has 0 aliphatic carbocycles. The molecule has 3 heterocycles. The summed E-state index contributed by atoms with van der Waals surface area (Å²) in [4.78, 5) is 35.5. The highest BCUT2D eigenvalue weighted by Gasteiger charge is 2.38. The molecular formula is C29H28Cl2F3N7O3. The Morgan fingerprint density at radius 3 is 2.39 bits per heavy atom. The van der Waals surface area contributed by atoms with E-state index in [-0.39, 0.29) is 11.9 Å².